The number of carbonyl (C=O) groups is 1. The van der Waals surface area contributed by atoms with Crippen LogP contribution in [0.15, 0.2) is 29.6 Å². The number of thiazole rings is 1. The van der Waals surface area contributed by atoms with E-state index in [1.165, 1.54) is 0 Å². The van der Waals surface area contributed by atoms with Crippen LogP contribution in [0.1, 0.15) is 21.1 Å². The molecule has 18 heavy (non-hydrogen) atoms. The van der Waals surface area contributed by atoms with Gasteiger partial charge in [-0.1, -0.05) is 0 Å². The monoisotopic (exact) mass is 261 g/mol. The Kier molecular flexibility index (Phi) is 3.94. The molecule has 1 aromatic heterocycles. The normalized spacial score (nSPS) is 10.3. The lowest BCUT2D eigenvalue weighted by Crippen LogP contribution is -2.25. The Balaban J connectivity index is 1.83. The highest BCUT2D eigenvalue weighted by Gasteiger charge is 2.05. The Labute approximate surface area is 110 Å². The van der Waals surface area contributed by atoms with Crippen LogP contribution in [0, 0.1) is 6.92 Å². The highest BCUT2D eigenvalue weighted by Crippen LogP contribution is 2.08. The van der Waals surface area contributed by atoms with E-state index < -0.39 is 0 Å². The van der Waals surface area contributed by atoms with E-state index in [-0.39, 0.29) is 5.91 Å². The van der Waals surface area contributed by atoms with Crippen LogP contribution in [0.2, 0.25) is 0 Å². The van der Waals surface area contributed by atoms with Crippen molar-refractivity contribution in [2.45, 2.75) is 13.3 Å². The Morgan fingerprint density at radius 3 is 2.72 bits per heavy atom. The first kappa shape index (κ1) is 12.6. The number of anilines is 1. The molecule has 2 rings (SSSR count). The summed E-state index contributed by atoms with van der Waals surface area (Å²) in [6, 6.07) is 6.88. The van der Waals surface area contributed by atoms with Crippen LogP contribution in [0.4, 0.5) is 5.69 Å². The second-order valence-corrected chi connectivity index (χ2v) is 5.05. The van der Waals surface area contributed by atoms with Gasteiger partial charge in [0.25, 0.3) is 5.91 Å². The van der Waals surface area contributed by atoms with Crippen LogP contribution in [0.3, 0.4) is 0 Å². The Morgan fingerprint density at radius 2 is 2.11 bits per heavy atom. The van der Waals surface area contributed by atoms with Crippen molar-refractivity contribution >= 4 is 22.9 Å². The number of nitrogens with zero attached hydrogens (tertiary/aromatic N) is 1. The SMILES string of the molecule is Cc1nc(CCNC(=O)c2ccc(N)cc2)cs1. The van der Waals surface area contributed by atoms with Gasteiger partial charge < -0.3 is 11.1 Å². The fourth-order valence-electron chi connectivity index (χ4n) is 1.56. The van der Waals surface area contributed by atoms with E-state index in [0.717, 1.165) is 17.1 Å². The lowest BCUT2D eigenvalue weighted by molar-refractivity contribution is 0.0954. The molecule has 0 spiro atoms. The topological polar surface area (TPSA) is 68.0 Å². The van der Waals surface area contributed by atoms with Crippen molar-refractivity contribution in [2.24, 2.45) is 0 Å². The molecule has 3 N–H and O–H groups in total. The average Bonchev–Trinajstić information content (AvgIpc) is 2.76. The molecule has 0 aliphatic rings. The molecule has 1 amide bonds. The highest BCUT2D eigenvalue weighted by atomic mass is 32.1. The third-order valence-electron chi connectivity index (χ3n) is 2.51. The number of carbonyl (C=O) groups excluding carboxylic acids is 1. The highest BCUT2D eigenvalue weighted by molar-refractivity contribution is 7.09. The fourth-order valence-corrected chi connectivity index (χ4v) is 2.21. The van der Waals surface area contributed by atoms with Crippen LogP contribution in [-0.4, -0.2) is 17.4 Å². The molecule has 0 atom stereocenters. The number of nitrogens with one attached hydrogen (secondary N) is 1. The second-order valence-electron chi connectivity index (χ2n) is 3.99. The number of aromatic nitrogens is 1. The summed E-state index contributed by atoms with van der Waals surface area (Å²) in [6.07, 6.45) is 0.755. The van der Waals surface area contributed by atoms with Gasteiger partial charge >= 0.3 is 0 Å². The third kappa shape index (κ3) is 3.30. The van der Waals surface area contributed by atoms with E-state index >= 15 is 0 Å². The van der Waals surface area contributed by atoms with Gasteiger partial charge in [-0.3, -0.25) is 4.79 Å². The van der Waals surface area contributed by atoms with Crippen LogP contribution in [0.25, 0.3) is 0 Å². The van der Waals surface area contributed by atoms with Gasteiger partial charge in [-0.25, -0.2) is 4.98 Å². The first-order valence-corrected chi connectivity index (χ1v) is 6.58. The number of nitrogens with two attached hydrogens (primary N) is 1. The number of nitrogen functional groups attached to an aromatic ring is 1. The van der Waals surface area contributed by atoms with Crippen molar-refractivity contribution in [3.63, 3.8) is 0 Å². The molecule has 0 radical (unpaired) electrons. The number of amides is 1. The maximum atomic E-state index is 11.8. The minimum Gasteiger partial charge on any atom is -0.399 e. The summed E-state index contributed by atoms with van der Waals surface area (Å²) in [6.45, 7) is 2.56. The Morgan fingerprint density at radius 1 is 1.39 bits per heavy atom. The summed E-state index contributed by atoms with van der Waals surface area (Å²) in [5, 5.41) is 5.93. The zero-order valence-corrected chi connectivity index (χ0v) is 11.0. The molecular weight excluding hydrogens is 246 g/mol. The molecule has 2 aromatic rings. The van der Waals surface area contributed by atoms with Crippen molar-refractivity contribution in [1.29, 1.82) is 0 Å². The lowest BCUT2D eigenvalue weighted by atomic mass is 10.2. The minimum absolute atomic E-state index is 0.0815. The second kappa shape index (κ2) is 5.64. The summed E-state index contributed by atoms with van der Waals surface area (Å²) in [5.41, 5.74) is 7.87. The molecule has 0 bridgehead atoms. The van der Waals surface area contributed by atoms with Gasteiger partial charge in [-0.15, -0.1) is 11.3 Å². The Hall–Kier alpha value is -1.88. The molecule has 0 saturated carbocycles. The molecule has 1 aromatic carbocycles. The molecule has 1 heterocycles. The van der Waals surface area contributed by atoms with E-state index in [4.69, 9.17) is 5.73 Å². The van der Waals surface area contributed by atoms with E-state index in [0.29, 0.717) is 17.8 Å². The molecular formula is C13H15N3OS. The first-order valence-electron chi connectivity index (χ1n) is 5.70. The summed E-state index contributed by atoms with van der Waals surface area (Å²) < 4.78 is 0. The smallest absolute Gasteiger partial charge is 0.251 e. The summed E-state index contributed by atoms with van der Waals surface area (Å²) in [7, 11) is 0. The van der Waals surface area contributed by atoms with Crippen molar-refractivity contribution in [1.82, 2.24) is 10.3 Å². The van der Waals surface area contributed by atoms with Gasteiger partial charge in [0.15, 0.2) is 0 Å². The average molecular weight is 261 g/mol. The van der Waals surface area contributed by atoms with Crippen LogP contribution >= 0.6 is 11.3 Å². The zero-order valence-electron chi connectivity index (χ0n) is 10.1. The van der Waals surface area contributed by atoms with Crippen molar-refractivity contribution in [3.05, 3.63) is 45.9 Å². The summed E-state index contributed by atoms with van der Waals surface area (Å²) in [4.78, 5) is 16.1. The van der Waals surface area contributed by atoms with Crippen LogP contribution in [0.5, 0.6) is 0 Å². The van der Waals surface area contributed by atoms with Crippen molar-refractivity contribution < 1.29 is 4.79 Å². The number of benzene rings is 1. The quantitative estimate of drug-likeness (QED) is 0.827. The molecule has 0 saturated heterocycles. The van der Waals surface area contributed by atoms with Gasteiger partial charge in [0.1, 0.15) is 0 Å². The van der Waals surface area contributed by atoms with Gasteiger partial charge in [-0.2, -0.15) is 0 Å². The summed E-state index contributed by atoms with van der Waals surface area (Å²) in [5.74, 6) is -0.0815. The van der Waals surface area contributed by atoms with E-state index in [1.54, 1.807) is 35.6 Å². The number of rotatable bonds is 4. The van der Waals surface area contributed by atoms with Crippen LogP contribution in [-0.2, 0) is 6.42 Å². The zero-order chi connectivity index (χ0) is 13.0. The maximum Gasteiger partial charge on any atom is 0.251 e. The molecule has 0 aliphatic heterocycles. The molecule has 94 valence electrons. The van der Waals surface area contributed by atoms with Gasteiger partial charge in [0.05, 0.1) is 10.7 Å². The predicted octanol–water partition coefficient (Wildman–Crippen LogP) is 2.01. The molecule has 4 nitrogen and oxygen atoms in total. The number of aryl methyl sites for hydroxylation is 1. The van der Waals surface area contributed by atoms with E-state index in [9.17, 15) is 4.79 Å². The summed E-state index contributed by atoms with van der Waals surface area (Å²) >= 11 is 1.62. The van der Waals surface area contributed by atoms with E-state index in [2.05, 4.69) is 10.3 Å². The molecule has 0 fully saturated rings. The first-order chi connectivity index (χ1) is 8.65. The third-order valence-corrected chi connectivity index (χ3v) is 3.33. The Bertz CT molecular complexity index is 533. The minimum atomic E-state index is -0.0815. The van der Waals surface area contributed by atoms with E-state index in [1.807, 2.05) is 12.3 Å². The van der Waals surface area contributed by atoms with Crippen LogP contribution < -0.4 is 11.1 Å². The number of hydrogen-bond donors (Lipinski definition) is 2. The number of hydrogen-bond acceptors (Lipinski definition) is 4. The van der Waals surface area contributed by atoms with Gasteiger partial charge in [-0.05, 0) is 31.2 Å². The van der Waals surface area contributed by atoms with Gasteiger partial charge in [0.2, 0.25) is 0 Å². The standard InChI is InChI=1S/C13H15N3OS/c1-9-16-12(8-18-9)6-7-15-13(17)10-2-4-11(14)5-3-10/h2-5,8H,6-7,14H2,1H3,(H,15,17). The van der Waals surface area contributed by atoms with Crippen molar-refractivity contribution in [2.75, 3.05) is 12.3 Å². The van der Waals surface area contributed by atoms with Crippen molar-refractivity contribution in [3.8, 4) is 0 Å². The molecule has 0 unspecified atom stereocenters. The maximum absolute atomic E-state index is 11.8. The van der Waals surface area contributed by atoms with Gasteiger partial charge in [0, 0.05) is 29.6 Å². The molecule has 5 heteroatoms. The molecule has 0 aliphatic carbocycles. The predicted molar refractivity (Wildman–Crippen MR) is 73.7 cm³/mol. The largest absolute Gasteiger partial charge is 0.399 e. The fraction of sp³-hybridized carbons (Fsp3) is 0.231. The lowest BCUT2D eigenvalue weighted by Gasteiger charge is -2.04.